The first-order valence-electron chi connectivity index (χ1n) is 6.46. The summed E-state index contributed by atoms with van der Waals surface area (Å²) < 4.78 is 5.98. The number of likely N-dealkylation sites (N-methyl/N-ethyl adjacent to an activating group) is 1. The van der Waals surface area contributed by atoms with E-state index in [0.29, 0.717) is 6.10 Å². The maximum atomic E-state index is 5.98. The summed E-state index contributed by atoms with van der Waals surface area (Å²) in [6.07, 6.45) is 6.47. The lowest BCUT2D eigenvalue weighted by Gasteiger charge is -2.23. The van der Waals surface area contributed by atoms with Crippen LogP contribution in [0.5, 0.6) is 0 Å². The summed E-state index contributed by atoms with van der Waals surface area (Å²) in [4.78, 5) is 2.39. The Balaban J connectivity index is 2.08. The minimum atomic E-state index is 0.101. The fraction of sp³-hybridized carbons (Fsp3) is 1.00. The topological polar surface area (TPSA) is 12.5 Å². The molecule has 0 radical (unpaired) electrons. The van der Waals surface area contributed by atoms with Crippen molar-refractivity contribution in [2.24, 2.45) is 0 Å². The lowest BCUT2D eigenvalue weighted by Crippen LogP contribution is -2.31. The molecule has 1 heterocycles. The maximum Gasteiger partial charge on any atom is 0.0710 e. The van der Waals surface area contributed by atoms with Gasteiger partial charge in [0.25, 0.3) is 0 Å². The van der Waals surface area contributed by atoms with Crippen molar-refractivity contribution in [1.82, 2.24) is 4.90 Å². The molecule has 1 unspecified atom stereocenters. The number of rotatable bonds is 7. The van der Waals surface area contributed by atoms with Crippen LogP contribution in [0, 0.1) is 0 Å². The molecule has 1 aliphatic rings. The Hall–Kier alpha value is 0.210. The molecule has 0 aromatic carbocycles. The second-order valence-corrected chi connectivity index (χ2v) is 5.93. The van der Waals surface area contributed by atoms with E-state index in [2.05, 4.69) is 25.8 Å². The van der Waals surface area contributed by atoms with Crippen LogP contribution in [0.3, 0.4) is 0 Å². The smallest absolute Gasteiger partial charge is 0.0710 e. The highest BCUT2D eigenvalue weighted by Crippen LogP contribution is 2.29. The SMILES string of the molecule is CN(CCCCCCl)CC1CCC(C)(C)O1. The molecule has 0 N–H and O–H groups in total. The molecule has 3 heteroatoms. The normalized spacial score (nSPS) is 24.2. The first kappa shape index (κ1) is 14.3. The molecule has 2 nitrogen and oxygen atoms in total. The third-order valence-electron chi connectivity index (χ3n) is 3.24. The average Bonchev–Trinajstić information content (AvgIpc) is 2.53. The van der Waals surface area contributed by atoms with Gasteiger partial charge < -0.3 is 9.64 Å². The molecule has 0 saturated carbocycles. The summed E-state index contributed by atoms with van der Waals surface area (Å²) in [7, 11) is 2.19. The first-order chi connectivity index (χ1) is 7.53. The number of hydrogen-bond donors (Lipinski definition) is 0. The van der Waals surface area contributed by atoms with Gasteiger partial charge in [-0.05, 0) is 53.1 Å². The fourth-order valence-electron chi connectivity index (χ4n) is 2.30. The van der Waals surface area contributed by atoms with Crippen LogP contribution in [0.15, 0.2) is 0 Å². The molecule has 16 heavy (non-hydrogen) atoms. The van der Waals surface area contributed by atoms with Gasteiger partial charge in [0.05, 0.1) is 11.7 Å². The number of unbranched alkanes of at least 4 members (excludes halogenated alkanes) is 2. The zero-order valence-corrected chi connectivity index (χ0v) is 11.7. The minimum Gasteiger partial charge on any atom is -0.371 e. The van der Waals surface area contributed by atoms with Gasteiger partial charge >= 0.3 is 0 Å². The molecule has 1 fully saturated rings. The number of alkyl halides is 1. The number of nitrogens with zero attached hydrogens (tertiary/aromatic N) is 1. The summed E-state index contributed by atoms with van der Waals surface area (Å²) in [5.74, 6) is 0.795. The van der Waals surface area contributed by atoms with E-state index in [4.69, 9.17) is 16.3 Å². The zero-order chi connectivity index (χ0) is 12.0. The van der Waals surface area contributed by atoms with Gasteiger partial charge in [0.15, 0.2) is 0 Å². The van der Waals surface area contributed by atoms with Crippen molar-refractivity contribution < 1.29 is 4.74 Å². The van der Waals surface area contributed by atoms with Crippen LogP contribution in [0.1, 0.15) is 46.0 Å². The van der Waals surface area contributed by atoms with E-state index in [1.54, 1.807) is 0 Å². The highest BCUT2D eigenvalue weighted by atomic mass is 35.5. The Bertz CT molecular complexity index is 196. The monoisotopic (exact) mass is 247 g/mol. The molecule has 1 rings (SSSR count). The molecule has 1 aliphatic heterocycles. The third kappa shape index (κ3) is 5.51. The van der Waals surface area contributed by atoms with Crippen molar-refractivity contribution in [3.63, 3.8) is 0 Å². The predicted molar refractivity (Wildman–Crippen MR) is 70.3 cm³/mol. The van der Waals surface area contributed by atoms with Crippen molar-refractivity contribution in [2.45, 2.75) is 57.7 Å². The van der Waals surface area contributed by atoms with Gasteiger partial charge in [-0.2, -0.15) is 0 Å². The largest absolute Gasteiger partial charge is 0.371 e. The molecule has 0 aromatic heterocycles. The lowest BCUT2D eigenvalue weighted by molar-refractivity contribution is -0.0260. The quantitative estimate of drug-likeness (QED) is 0.506. The second-order valence-electron chi connectivity index (χ2n) is 5.55. The van der Waals surface area contributed by atoms with Gasteiger partial charge in [-0.1, -0.05) is 6.42 Å². The minimum absolute atomic E-state index is 0.101. The van der Waals surface area contributed by atoms with Gasteiger partial charge in [0.1, 0.15) is 0 Å². The van der Waals surface area contributed by atoms with Crippen LogP contribution in [-0.2, 0) is 4.74 Å². The molecule has 0 spiro atoms. The molecule has 0 bridgehead atoms. The molecule has 0 aliphatic carbocycles. The fourth-order valence-corrected chi connectivity index (χ4v) is 2.49. The third-order valence-corrected chi connectivity index (χ3v) is 3.51. The standard InChI is InChI=1S/C13H26ClNO/c1-13(2)8-7-12(16-13)11-15(3)10-6-4-5-9-14/h12H,4-11H2,1-3H3. The van der Waals surface area contributed by atoms with Crippen LogP contribution >= 0.6 is 11.6 Å². The van der Waals surface area contributed by atoms with Gasteiger partial charge in [0, 0.05) is 12.4 Å². The number of halogens is 1. The highest BCUT2D eigenvalue weighted by molar-refractivity contribution is 6.17. The number of hydrogen-bond acceptors (Lipinski definition) is 2. The Labute approximate surface area is 105 Å². The average molecular weight is 248 g/mol. The molecule has 96 valence electrons. The van der Waals surface area contributed by atoms with Crippen LogP contribution in [0.2, 0.25) is 0 Å². The van der Waals surface area contributed by atoms with E-state index in [9.17, 15) is 0 Å². The van der Waals surface area contributed by atoms with Gasteiger partial charge in [-0.3, -0.25) is 0 Å². The second kappa shape index (κ2) is 6.83. The van der Waals surface area contributed by atoms with Gasteiger partial charge in [-0.15, -0.1) is 11.6 Å². The van der Waals surface area contributed by atoms with Crippen molar-refractivity contribution in [3.8, 4) is 0 Å². The Kier molecular flexibility index (Phi) is 6.09. The molecule has 1 saturated heterocycles. The molecule has 0 amide bonds. The van der Waals surface area contributed by atoms with E-state index in [1.165, 1.54) is 25.7 Å². The van der Waals surface area contributed by atoms with Crippen LogP contribution in [-0.4, -0.2) is 42.6 Å². The van der Waals surface area contributed by atoms with Crippen LogP contribution in [0.4, 0.5) is 0 Å². The number of ether oxygens (including phenoxy) is 1. The summed E-state index contributed by atoms with van der Waals surface area (Å²) in [5, 5.41) is 0. The molecular weight excluding hydrogens is 222 g/mol. The molecule has 1 atom stereocenters. The van der Waals surface area contributed by atoms with Gasteiger partial charge in [-0.25, -0.2) is 0 Å². The van der Waals surface area contributed by atoms with Crippen LogP contribution < -0.4 is 0 Å². The maximum absolute atomic E-state index is 5.98. The summed E-state index contributed by atoms with van der Waals surface area (Å²) in [5.41, 5.74) is 0.101. The Morgan fingerprint density at radius 3 is 2.62 bits per heavy atom. The van der Waals surface area contributed by atoms with Gasteiger partial charge in [0.2, 0.25) is 0 Å². The highest BCUT2D eigenvalue weighted by Gasteiger charge is 2.31. The first-order valence-corrected chi connectivity index (χ1v) is 6.99. The van der Waals surface area contributed by atoms with E-state index >= 15 is 0 Å². The van der Waals surface area contributed by atoms with Crippen molar-refractivity contribution in [2.75, 3.05) is 26.0 Å². The van der Waals surface area contributed by atoms with Crippen molar-refractivity contribution in [3.05, 3.63) is 0 Å². The summed E-state index contributed by atoms with van der Waals surface area (Å²) >= 11 is 5.65. The van der Waals surface area contributed by atoms with E-state index in [0.717, 1.165) is 25.4 Å². The zero-order valence-electron chi connectivity index (χ0n) is 11.0. The molecular formula is C13H26ClNO. The van der Waals surface area contributed by atoms with E-state index < -0.39 is 0 Å². The summed E-state index contributed by atoms with van der Waals surface area (Å²) in [6.45, 7) is 6.61. The Morgan fingerprint density at radius 2 is 2.06 bits per heavy atom. The van der Waals surface area contributed by atoms with E-state index in [1.807, 2.05) is 0 Å². The van der Waals surface area contributed by atoms with Crippen LogP contribution in [0.25, 0.3) is 0 Å². The molecule has 0 aromatic rings. The Morgan fingerprint density at radius 1 is 1.31 bits per heavy atom. The van der Waals surface area contributed by atoms with Crippen molar-refractivity contribution >= 4 is 11.6 Å². The van der Waals surface area contributed by atoms with Crippen molar-refractivity contribution in [1.29, 1.82) is 0 Å². The van der Waals surface area contributed by atoms with E-state index in [-0.39, 0.29) is 5.60 Å². The lowest BCUT2D eigenvalue weighted by atomic mass is 10.1. The summed E-state index contributed by atoms with van der Waals surface area (Å²) in [6, 6.07) is 0. The predicted octanol–water partition coefficient (Wildman–Crippen LogP) is 3.28.